The summed E-state index contributed by atoms with van der Waals surface area (Å²) in [5.74, 6) is 2.40. The first kappa shape index (κ1) is 9.81. The Balaban J connectivity index is 1.90. The third kappa shape index (κ3) is 2.20. The fraction of sp³-hybridized carbons (Fsp3) is 1.00. The van der Waals surface area contributed by atoms with Crippen molar-refractivity contribution in [2.75, 3.05) is 18.1 Å². The summed E-state index contributed by atoms with van der Waals surface area (Å²) in [6.07, 6.45) is 4.97. The van der Waals surface area contributed by atoms with Crippen LogP contribution in [-0.4, -0.2) is 29.9 Å². The van der Waals surface area contributed by atoms with Crippen LogP contribution in [0.2, 0.25) is 0 Å². The minimum atomic E-state index is 0.0583. The van der Waals surface area contributed by atoms with Gasteiger partial charge in [-0.25, -0.2) is 0 Å². The number of thioether (sulfide) groups is 1. The molecule has 0 radical (unpaired) electrons. The van der Waals surface area contributed by atoms with Crippen LogP contribution in [0, 0.1) is 0 Å². The fourth-order valence-corrected chi connectivity index (χ4v) is 3.48. The normalized spacial score (nSPS) is 39.9. The van der Waals surface area contributed by atoms with E-state index in [-0.39, 0.29) is 5.72 Å². The fourth-order valence-electron chi connectivity index (χ4n) is 2.22. The van der Waals surface area contributed by atoms with E-state index in [1.165, 1.54) is 31.4 Å². The summed E-state index contributed by atoms with van der Waals surface area (Å²) in [5, 5.41) is 3.69. The van der Waals surface area contributed by atoms with Crippen molar-refractivity contribution in [1.82, 2.24) is 5.32 Å². The van der Waals surface area contributed by atoms with Gasteiger partial charge in [0, 0.05) is 11.8 Å². The average Bonchev–Trinajstić information content (AvgIpc) is 2.54. The molecule has 76 valence electrons. The molecule has 2 atom stereocenters. The Bertz CT molecular complexity index is 166. The molecule has 2 aliphatic heterocycles. The standard InChI is InChI=1S/C10H19NOS/c1-2-3-9-4-6-12-10(11-9)5-7-13-8-10/h9,11H,2-8H2,1H3. The lowest BCUT2D eigenvalue weighted by Gasteiger charge is -2.39. The molecule has 0 aliphatic carbocycles. The second-order valence-corrected chi connectivity index (χ2v) is 5.17. The van der Waals surface area contributed by atoms with Crippen LogP contribution in [0.25, 0.3) is 0 Å². The van der Waals surface area contributed by atoms with E-state index in [1.54, 1.807) is 0 Å². The van der Waals surface area contributed by atoms with E-state index >= 15 is 0 Å². The Labute approximate surface area is 84.8 Å². The van der Waals surface area contributed by atoms with E-state index in [4.69, 9.17) is 4.74 Å². The van der Waals surface area contributed by atoms with Crippen molar-refractivity contribution in [3.05, 3.63) is 0 Å². The van der Waals surface area contributed by atoms with Gasteiger partial charge in [0.25, 0.3) is 0 Å². The first-order chi connectivity index (χ1) is 6.35. The lowest BCUT2D eigenvalue weighted by Crippen LogP contribution is -2.56. The van der Waals surface area contributed by atoms with Gasteiger partial charge in [0.05, 0.1) is 6.61 Å². The predicted molar refractivity (Wildman–Crippen MR) is 57.1 cm³/mol. The molecule has 0 amide bonds. The van der Waals surface area contributed by atoms with Crippen molar-refractivity contribution in [1.29, 1.82) is 0 Å². The summed E-state index contributed by atoms with van der Waals surface area (Å²) in [6.45, 7) is 3.21. The first-order valence-electron chi connectivity index (χ1n) is 5.34. The van der Waals surface area contributed by atoms with Crippen LogP contribution in [0.1, 0.15) is 32.6 Å². The number of nitrogens with one attached hydrogen (secondary N) is 1. The Morgan fingerprint density at radius 3 is 3.23 bits per heavy atom. The Kier molecular flexibility index (Phi) is 3.17. The molecule has 1 spiro atoms. The highest BCUT2D eigenvalue weighted by Gasteiger charge is 2.39. The van der Waals surface area contributed by atoms with Crippen molar-refractivity contribution < 1.29 is 4.74 Å². The zero-order chi connectivity index (χ0) is 9.15. The number of hydrogen-bond acceptors (Lipinski definition) is 3. The van der Waals surface area contributed by atoms with Gasteiger partial charge in [0.2, 0.25) is 0 Å². The average molecular weight is 201 g/mol. The molecule has 2 nitrogen and oxygen atoms in total. The molecule has 0 bridgehead atoms. The van der Waals surface area contributed by atoms with Crippen molar-refractivity contribution >= 4 is 11.8 Å². The van der Waals surface area contributed by atoms with E-state index in [0.717, 1.165) is 12.4 Å². The zero-order valence-electron chi connectivity index (χ0n) is 8.34. The van der Waals surface area contributed by atoms with E-state index in [2.05, 4.69) is 12.2 Å². The quantitative estimate of drug-likeness (QED) is 0.738. The van der Waals surface area contributed by atoms with E-state index in [9.17, 15) is 0 Å². The predicted octanol–water partition coefficient (Wildman–Crippen LogP) is 2.00. The molecule has 13 heavy (non-hydrogen) atoms. The second-order valence-electron chi connectivity index (χ2n) is 4.06. The molecule has 0 aromatic carbocycles. The third-order valence-electron chi connectivity index (χ3n) is 2.93. The van der Waals surface area contributed by atoms with Gasteiger partial charge in [-0.2, -0.15) is 11.8 Å². The van der Waals surface area contributed by atoms with Crippen molar-refractivity contribution in [2.45, 2.75) is 44.4 Å². The van der Waals surface area contributed by atoms with Gasteiger partial charge in [-0.1, -0.05) is 13.3 Å². The molecule has 2 rings (SSSR count). The zero-order valence-corrected chi connectivity index (χ0v) is 9.16. The van der Waals surface area contributed by atoms with Crippen LogP contribution in [-0.2, 0) is 4.74 Å². The molecule has 2 heterocycles. The molecule has 2 unspecified atom stereocenters. The second kappa shape index (κ2) is 4.20. The molecule has 0 saturated carbocycles. The minimum absolute atomic E-state index is 0.0583. The SMILES string of the molecule is CCCC1CCOC2(CCSC2)N1. The third-order valence-corrected chi connectivity index (χ3v) is 4.10. The summed E-state index contributed by atoms with van der Waals surface area (Å²) in [5.41, 5.74) is 0.0583. The van der Waals surface area contributed by atoms with E-state index < -0.39 is 0 Å². The van der Waals surface area contributed by atoms with Crippen LogP contribution in [0.4, 0.5) is 0 Å². The van der Waals surface area contributed by atoms with Crippen molar-refractivity contribution in [3.63, 3.8) is 0 Å². The monoisotopic (exact) mass is 201 g/mol. The molecule has 2 aliphatic rings. The topological polar surface area (TPSA) is 21.3 Å². The van der Waals surface area contributed by atoms with Crippen LogP contribution in [0.5, 0.6) is 0 Å². The van der Waals surface area contributed by atoms with Gasteiger partial charge in [0.1, 0.15) is 5.72 Å². The Morgan fingerprint density at radius 1 is 1.62 bits per heavy atom. The highest BCUT2D eigenvalue weighted by Crippen LogP contribution is 2.32. The Morgan fingerprint density at radius 2 is 2.54 bits per heavy atom. The molecule has 3 heteroatoms. The summed E-state index contributed by atoms with van der Waals surface area (Å²) in [4.78, 5) is 0. The molecule has 1 N–H and O–H groups in total. The van der Waals surface area contributed by atoms with E-state index in [0.29, 0.717) is 6.04 Å². The lowest BCUT2D eigenvalue weighted by atomic mass is 10.0. The summed E-state index contributed by atoms with van der Waals surface area (Å²) in [7, 11) is 0. The van der Waals surface area contributed by atoms with Crippen LogP contribution < -0.4 is 5.32 Å². The summed E-state index contributed by atoms with van der Waals surface area (Å²) < 4.78 is 5.87. The molecular formula is C10H19NOS. The molecular weight excluding hydrogens is 182 g/mol. The highest BCUT2D eigenvalue weighted by molar-refractivity contribution is 7.99. The summed E-state index contributed by atoms with van der Waals surface area (Å²) >= 11 is 2.01. The molecule has 0 aromatic heterocycles. The molecule has 0 aromatic rings. The van der Waals surface area contributed by atoms with Crippen LogP contribution in [0.3, 0.4) is 0 Å². The van der Waals surface area contributed by atoms with Crippen molar-refractivity contribution in [3.8, 4) is 0 Å². The van der Waals surface area contributed by atoms with Crippen molar-refractivity contribution in [2.24, 2.45) is 0 Å². The smallest absolute Gasteiger partial charge is 0.129 e. The van der Waals surface area contributed by atoms with Gasteiger partial charge < -0.3 is 4.74 Å². The number of rotatable bonds is 2. The van der Waals surface area contributed by atoms with Gasteiger partial charge in [-0.05, 0) is 25.0 Å². The summed E-state index contributed by atoms with van der Waals surface area (Å²) in [6, 6.07) is 0.706. The molecule has 2 saturated heterocycles. The Hall–Kier alpha value is 0.270. The van der Waals surface area contributed by atoms with Gasteiger partial charge in [-0.15, -0.1) is 0 Å². The van der Waals surface area contributed by atoms with Gasteiger partial charge >= 0.3 is 0 Å². The van der Waals surface area contributed by atoms with Gasteiger partial charge in [0.15, 0.2) is 0 Å². The maximum atomic E-state index is 5.87. The largest absolute Gasteiger partial charge is 0.360 e. The minimum Gasteiger partial charge on any atom is -0.360 e. The van der Waals surface area contributed by atoms with E-state index in [1.807, 2.05) is 11.8 Å². The maximum Gasteiger partial charge on any atom is 0.129 e. The maximum absolute atomic E-state index is 5.87. The van der Waals surface area contributed by atoms with Gasteiger partial charge in [-0.3, -0.25) is 5.32 Å². The molecule has 2 fully saturated rings. The first-order valence-corrected chi connectivity index (χ1v) is 6.49. The lowest BCUT2D eigenvalue weighted by molar-refractivity contribution is -0.0925. The highest BCUT2D eigenvalue weighted by atomic mass is 32.2. The van der Waals surface area contributed by atoms with Crippen LogP contribution >= 0.6 is 11.8 Å². The number of hydrogen-bond donors (Lipinski definition) is 1. The van der Waals surface area contributed by atoms with Crippen LogP contribution in [0.15, 0.2) is 0 Å². The number of ether oxygens (including phenoxy) is 1.